The molecule has 1 aromatic rings. The standard InChI is InChI=1S/C16H24N2O2.ClH/c1-20-14-6-2-4-12(10-14)8-9-18-16(19)15-7-3-5-13(15)11-17;/h2,4,6,10,13,15H,3,5,7-9,11,17H2,1H3,(H,18,19);1H/t13-,15-;/m1./s1. The predicted molar refractivity (Wildman–Crippen MR) is 86.8 cm³/mol. The number of hydrogen-bond donors (Lipinski definition) is 2. The second kappa shape index (κ2) is 8.90. The zero-order valence-corrected chi connectivity index (χ0v) is 13.3. The molecule has 0 bridgehead atoms. The van der Waals surface area contributed by atoms with Crippen molar-refractivity contribution in [3.8, 4) is 5.75 Å². The van der Waals surface area contributed by atoms with Crippen molar-refractivity contribution in [2.75, 3.05) is 20.2 Å². The Morgan fingerprint density at radius 2 is 2.24 bits per heavy atom. The van der Waals surface area contributed by atoms with Crippen LogP contribution < -0.4 is 15.8 Å². The van der Waals surface area contributed by atoms with Gasteiger partial charge in [0.1, 0.15) is 5.75 Å². The van der Waals surface area contributed by atoms with Crippen LogP contribution in [-0.4, -0.2) is 26.1 Å². The maximum Gasteiger partial charge on any atom is 0.223 e. The highest BCUT2D eigenvalue weighted by atomic mass is 35.5. The molecule has 0 spiro atoms. The summed E-state index contributed by atoms with van der Waals surface area (Å²) in [6, 6.07) is 7.95. The fraction of sp³-hybridized carbons (Fsp3) is 0.562. The Bertz CT molecular complexity index is 454. The zero-order valence-electron chi connectivity index (χ0n) is 12.5. The molecule has 5 heteroatoms. The Kier molecular flexibility index (Phi) is 7.54. The number of nitrogens with one attached hydrogen (secondary N) is 1. The lowest BCUT2D eigenvalue weighted by atomic mass is 9.95. The molecule has 0 heterocycles. The van der Waals surface area contributed by atoms with E-state index >= 15 is 0 Å². The van der Waals surface area contributed by atoms with E-state index < -0.39 is 0 Å². The highest BCUT2D eigenvalue weighted by molar-refractivity contribution is 5.85. The van der Waals surface area contributed by atoms with E-state index in [9.17, 15) is 4.79 Å². The van der Waals surface area contributed by atoms with E-state index in [-0.39, 0.29) is 24.2 Å². The number of amides is 1. The summed E-state index contributed by atoms with van der Waals surface area (Å²) in [5.74, 6) is 1.51. The van der Waals surface area contributed by atoms with E-state index in [4.69, 9.17) is 10.5 Å². The molecule has 1 amide bonds. The monoisotopic (exact) mass is 312 g/mol. The van der Waals surface area contributed by atoms with Crippen molar-refractivity contribution in [3.05, 3.63) is 29.8 Å². The fourth-order valence-electron chi connectivity index (χ4n) is 2.95. The van der Waals surface area contributed by atoms with Crippen molar-refractivity contribution < 1.29 is 9.53 Å². The molecular weight excluding hydrogens is 288 g/mol. The Labute approximate surface area is 132 Å². The lowest BCUT2D eigenvalue weighted by molar-refractivity contribution is -0.125. The first-order valence-electron chi connectivity index (χ1n) is 7.35. The van der Waals surface area contributed by atoms with Crippen LogP contribution in [0.25, 0.3) is 0 Å². The number of hydrogen-bond acceptors (Lipinski definition) is 3. The average molecular weight is 313 g/mol. The van der Waals surface area contributed by atoms with Crippen LogP contribution in [-0.2, 0) is 11.2 Å². The third kappa shape index (κ3) is 4.90. The molecule has 2 atom stereocenters. The van der Waals surface area contributed by atoms with Gasteiger partial charge in [-0.15, -0.1) is 12.4 Å². The molecular formula is C16H25ClN2O2. The third-order valence-corrected chi connectivity index (χ3v) is 4.15. The molecule has 1 aliphatic carbocycles. The van der Waals surface area contributed by atoms with Gasteiger partial charge in [0.2, 0.25) is 5.91 Å². The molecule has 0 radical (unpaired) electrons. The molecule has 4 nitrogen and oxygen atoms in total. The number of halogens is 1. The Balaban J connectivity index is 0.00000220. The smallest absolute Gasteiger partial charge is 0.223 e. The molecule has 118 valence electrons. The highest BCUT2D eigenvalue weighted by Crippen LogP contribution is 2.30. The minimum atomic E-state index is 0. The average Bonchev–Trinajstić information content (AvgIpc) is 2.96. The van der Waals surface area contributed by atoms with Gasteiger partial charge < -0.3 is 15.8 Å². The molecule has 0 saturated heterocycles. The van der Waals surface area contributed by atoms with E-state index in [2.05, 4.69) is 5.32 Å². The second-order valence-corrected chi connectivity index (χ2v) is 5.43. The summed E-state index contributed by atoms with van der Waals surface area (Å²) in [5, 5.41) is 3.04. The zero-order chi connectivity index (χ0) is 14.4. The molecule has 0 unspecified atom stereocenters. The third-order valence-electron chi connectivity index (χ3n) is 4.15. The van der Waals surface area contributed by atoms with E-state index in [1.165, 1.54) is 5.56 Å². The van der Waals surface area contributed by atoms with Gasteiger partial charge in [-0.2, -0.15) is 0 Å². The number of benzene rings is 1. The Morgan fingerprint density at radius 3 is 2.95 bits per heavy atom. The van der Waals surface area contributed by atoms with Crippen LogP contribution in [0, 0.1) is 11.8 Å². The normalized spacial score (nSPS) is 20.7. The molecule has 3 N–H and O–H groups in total. The Hall–Kier alpha value is -1.26. The summed E-state index contributed by atoms with van der Waals surface area (Å²) in [5.41, 5.74) is 6.89. The van der Waals surface area contributed by atoms with Crippen molar-refractivity contribution in [1.82, 2.24) is 5.32 Å². The van der Waals surface area contributed by atoms with Crippen LogP contribution in [0.3, 0.4) is 0 Å². The SMILES string of the molecule is COc1cccc(CCNC(=O)[C@@H]2CCC[C@@H]2CN)c1.Cl. The van der Waals surface area contributed by atoms with Gasteiger partial charge in [0.25, 0.3) is 0 Å². The minimum absolute atomic E-state index is 0. The Morgan fingerprint density at radius 1 is 1.43 bits per heavy atom. The summed E-state index contributed by atoms with van der Waals surface area (Å²) in [6.07, 6.45) is 4.01. The highest BCUT2D eigenvalue weighted by Gasteiger charge is 2.31. The van der Waals surface area contributed by atoms with Crippen LogP contribution >= 0.6 is 12.4 Å². The van der Waals surface area contributed by atoms with Crippen LogP contribution in [0.1, 0.15) is 24.8 Å². The molecule has 2 rings (SSSR count). The second-order valence-electron chi connectivity index (χ2n) is 5.43. The minimum Gasteiger partial charge on any atom is -0.497 e. The topological polar surface area (TPSA) is 64.3 Å². The van der Waals surface area contributed by atoms with E-state index in [0.29, 0.717) is 19.0 Å². The first kappa shape index (κ1) is 17.8. The lowest BCUT2D eigenvalue weighted by Crippen LogP contribution is -2.36. The molecule has 0 aromatic heterocycles. The number of rotatable bonds is 6. The molecule has 1 aliphatic rings. The van der Waals surface area contributed by atoms with Gasteiger partial charge in [-0.1, -0.05) is 18.6 Å². The van der Waals surface area contributed by atoms with Gasteiger partial charge in [0.05, 0.1) is 7.11 Å². The van der Waals surface area contributed by atoms with E-state index in [1.807, 2.05) is 24.3 Å². The van der Waals surface area contributed by atoms with Crippen molar-refractivity contribution in [2.45, 2.75) is 25.7 Å². The van der Waals surface area contributed by atoms with Crippen LogP contribution in [0.5, 0.6) is 5.75 Å². The maximum absolute atomic E-state index is 12.1. The summed E-state index contributed by atoms with van der Waals surface area (Å²) in [4.78, 5) is 12.1. The van der Waals surface area contributed by atoms with Gasteiger partial charge in [-0.3, -0.25) is 4.79 Å². The number of carbonyl (C=O) groups is 1. The van der Waals surface area contributed by atoms with Gasteiger partial charge >= 0.3 is 0 Å². The van der Waals surface area contributed by atoms with Crippen LogP contribution in [0.2, 0.25) is 0 Å². The van der Waals surface area contributed by atoms with E-state index in [1.54, 1.807) is 7.11 Å². The van der Waals surface area contributed by atoms with Gasteiger partial charge in [-0.05, 0) is 49.4 Å². The molecule has 1 fully saturated rings. The largest absolute Gasteiger partial charge is 0.497 e. The molecule has 21 heavy (non-hydrogen) atoms. The first-order chi connectivity index (χ1) is 9.74. The molecule has 1 saturated carbocycles. The summed E-state index contributed by atoms with van der Waals surface area (Å²) < 4.78 is 5.19. The molecule has 1 aromatic carbocycles. The number of methoxy groups -OCH3 is 1. The van der Waals surface area contributed by atoms with Crippen LogP contribution in [0.15, 0.2) is 24.3 Å². The lowest BCUT2D eigenvalue weighted by Gasteiger charge is -2.17. The number of nitrogens with two attached hydrogens (primary N) is 1. The van der Waals surface area contributed by atoms with Gasteiger partial charge in [0, 0.05) is 12.5 Å². The summed E-state index contributed by atoms with van der Waals surface area (Å²) in [6.45, 7) is 1.29. The number of carbonyl (C=O) groups excluding carboxylic acids is 1. The van der Waals surface area contributed by atoms with Crippen molar-refractivity contribution >= 4 is 18.3 Å². The van der Waals surface area contributed by atoms with Gasteiger partial charge in [-0.25, -0.2) is 0 Å². The van der Waals surface area contributed by atoms with E-state index in [0.717, 1.165) is 31.4 Å². The predicted octanol–water partition coefficient (Wildman–Crippen LogP) is 2.15. The maximum atomic E-state index is 12.1. The quantitative estimate of drug-likeness (QED) is 0.846. The molecule has 0 aliphatic heterocycles. The summed E-state index contributed by atoms with van der Waals surface area (Å²) in [7, 11) is 1.66. The van der Waals surface area contributed by atoms with Crippen molar-refractivity contribution in [2.24, 2.45) is 17.6 Å². The summed E-state index contributed by atoms with van der Waals surface area (Å²) >= 11 is 0. The van der Waals surface area contributed by atoms with Gasteiger partial charge in [0.15, 0.2) is 0 Å². The van der Waals surface area contributed by atoms with Crippen LogP contribution in [0.4, 0.5) is 0 Å². The van der Waals surface area contributed by atoms with Crippen molar-refractivity contribution in [3.63, 3.8) is 0 Å². The first-order valence-corrected chi connectivity index (χ1v) is 7.35. The van der Waals surface area contributed by atoms with Crippen molar-refractivity contribution in [1.29, 1.82) is 0 Å². The fourth-order valence-corrected chi connectivity index (χ4v) is 2.95. The number of ether oxygens (including phenoxy) is 1.